The SMILES string of the molecule is O=C(OC1CCOCC1)c1ccon1. The van der Waals surface area contributed by atoms with E-state index in [2.05, 4.69) is 9.68 Å². The molecule has 1 aromatic rings. The number of rotatable bonds is 2. The summed E-state index contributed by atoms with van der Waals surface area (Å²) in [6.07, 6.45) is 2.81. The Bertz CT molecular complexity index is 290. The summed E-state index contributed by atoms with van der Waals surface area (Å²) in [4.78, 5) is 11.4. The van der Waals surface area contributed by atoms with Gasteiger partial charge < -0.3 is 14.0 Å². The van der Waals surface area contributed by atoms with Crippen LogP contribution in [0.3, 0.4) is 0 Å². The fourth-order valence-electron chi connectivity index (χ4n) is 1.32. The second kappa shape index (κ2) is 4.23. The molecule has 1 fully saturated rings. The first-order valence-corrected chi connectivity index (χ1v) is 4.55. The van der Waals surface area contributed by atoms with Gasteiger partial charge in [-0.05, 0) is 0 Å². The molecule has 0 spiro atoms. The minimum absolute atomic E-state index is 0.0482. The predicted octanol–water partition coefficient (Wildman–Crippen LogP) is 1.01. The zero-order chi connectivity index (χ0) is 9.80. The van der Waals surface area contributed by atoms with E-state index in [-0.39, 0.29) is 11.8 Å². The molecule has 5 nitrogen and oxygen atoms in total. The minimum Gasteiger partial charge on any atom is -0.457 e. The summed E-state index contributed by atoms with van der Waals surface area (Å²) in [6.45, 7) is 1.30. The summed E-state index contributed by atoms with van der Waals surface area (Å²) in [6, 6.07) is 1.49. The van der Waals surface area contributed by atoms with Crippen molar-refractivity contribution in [3.05, 3.63) is 18.0 Å². The molecule has 5 heteroatoms. The van der Waals surface area contributed by atoms with E-state index in [0.29, 0.717) is 13.2 Å². The lowest BCUT2D eigenvalue weighted by Gasteiger charge is -2.21. The molecule has 0 radical (unpaired) electrons. The highest BCUT2D eigenvalue weighted by atomic mass is 16.6. The fourth-order valence-corrected chi connectivity index (χ4v) is 1.32. The van der Waals surface area contributed by atoms with Crippen molar-refractivity contribution < 1.29 is 18.8 Å². The number of carbonyl (C=O) groups excluding carboxylic acids is 1. The summed E-state index contributed by atoms with van der Waals surface area (Å²) >= 11 is 0. The zero-order valence-corrected chi connectivity index (χ0v) is 7.64. The smallest absolute Gasteiger partial charge is 0.360 e. The third-order valence-corrected chi connectivity index (χ3v) is 2.09. The number of hydrogen-bond donors (Lipinski definition) is 0. The zero-order valence-electron chi connectivity index (χ0n) is 7.64. The van der Waals surface area contributed by atoms with Crippen LogP contribution in [0.5, 0.6) is 0 Å². The maximum absolute atomic E-state index is 11.4. The molecule has 0 N–H and O–H groups in total. The largest absolute Gasteiger partial charge is 0.457 e. The Balaban J connectivity index is 1.87. The van der Waals surface area contributed by atoms with Crippen LogP contribution >= 0.6 is 0 Å². The van der Waals surface area contributed by atoms with Gasteiger partial charge in [-0.1, -0.05) is 5.16 Å². The van der Waals surface area contributed by atoms with Gasteiger partial charge in [-0.3, -0.25) is 0 Å². The molecule has 2 rings (SSSR count). The molecule has 0 aliphatic carbocycles. The van der Waals surface area contributed by atoms with Crippen LogP contribution < -0.4 is 0 Å². The third-order valence-electron chi connectivity index (χ3n) is 2.09. The summed E-state index contributed by atoms with van der Waals surface area (Å²) in [5, 5.41) is 3.50. The monoisotopic (exact) mass is 197 g/mol. The van der Waals surface area contributed by atoms with Crippen molar-refractivity contribution in [1.82, 2.24) is 5.16 Å². The molecule has 0 bridgehead atoms. The van der Waals surface area contributed by atoms with E-state index in [9.17, 15) is 4.79 Å². The van der Waals surface area contributed by atoms with Gasteiger partial charge in [-0.15, -0.1) is 0 Å². The number of ether oxygens (including phenoxy) is 2. The molecule has 1 aliphatic rings. The molecule has 0 atom stereocenters. The van der Waals surface area contributed by atoms with Crippen LogP contribution in [-0.2, 0) is 9.47 Å². The standard InChI is InChI=1S/C9H11NO4/c11-9(8-3-6-13-10-8)14-7-1-4-12-5-2-7/h3,6-7H,1-2,4-5H2. The van der Waals surface area contributed by atoms with Crippen LogP contribution in [0, 0.1) is 0 Å². The van der Waals surface area contributed by atoms with Gasteiger partial charge in [0.15, 0.2) is 5.69 Å². The lowest BCUT2D eigenvalue weighted by molar-refractivity contribution is -0.0165. The second-order valence-electron chi connectivity index (χ2n) is 3.10. The third kappa shape index (κ3) is 2.11. The van der Waals surface area contributed by atoms with Crippen molar-refractivity contribution >= 4 is 5.97 Å². The van der Waals surface area contributed by atoms with E-state index in [1.54, 1.807) is 0 Å². The maximum atomic E-state index is 11.4. The first-order chi connectivity index (χ1) is 6.86. The fraction of sp³-hybridized carbons (Fsp3) is 0.556. The summed E-state index contributed by atoms with van der Waals surface area (Å²) in [7, 11) is 0. The molecule has 0 saturated carbocycles. The summed E-state index contributed by atoms with van der Waals surface area (Å²) < 4.78 is 14.9. The molecule has 0 unspecified atom stereocenters. The van der Waals surface area contributed by atoms with Gasteiger partial charge in [0.25, 0.3) is 0 Å². The van der Waals surface area contributed by atoms with E-state index in [1.165, 1.54) is 12.3 Å². The molecule has 14 heavy (non-hydrogen) atoms. The van der Waals surface area contributed by atoms with Crippen LogP contribution in [0.2, 0.25) is 0 Å². The molecule has 76 valence electrons. The van der Waals surface area contributed by atoms with Crippen LogP contribution in [0.4, 0.5) is 0 Å². The molecule has 1 aliphatic heterocycles. The van der Waals surface area contributed by atoms with Crippen molar-refractivity contribution in [2.24, 2.45) is 0 Å². The Labute approximate surface area is 81.0 Å². The van der Waals surface area contributed by atoms with Gasteiger partial charge in [0.2, 0.25) is 0 Å². The molecule has 0 aromatic carbocycles. The van der Waals surface area contributed by atoms with E-state index >= 15 is 0 Å². The van der Waals surface area contributed by atoms with Gasteiger partial charge in [0.05, 0.1) is 13.2 Å². The predicted molar refractivity (Wildman–Crippen MR) is 45.8 cm³/mol. The highest BCUT2D eigenvalue weighted by molar-refractivity contribution is 5.86. The highest BCUT2D eigenvalue weighted by Crippen LogP contribution is 2.12. The summed E-state index contributed by atoms with van der Waals surface area (Å²) in [5.74, 6) is -0.425. The normalized spacial score (nSPS) is 18.0. The Morgan fingerprint density at radius 2 is 2.29 bits per heavy atom. The minimum atomic E-state index is -0.425. The Morgan fingerprint density at radius 3 is 2.93 bits per heavy atom. The molecular weight excluding hydrogens is 186 g/mol. The second-order valence-corrected chi connectivity index (χ2v) is 3.10. The van der Waals surface area contributed by atoms with Crippen LogP contribution in [0.25, 0.3) is 0 Å². The number of carbonyl (C=O) groups is 1. The molecule has 1 saturated heterocycles. The average Bonchev–Trinajstić information content (AvgIpc) is 2.72. The van der Waals surface area contributed by atoms with Crippen molar-refractivity contribution in [2.45, 2.75) is 18.9 Å². The lowest BCUT2D eigenvalue weighted by atomic mass is 10.1. The van der Waals surface area contributed by atoms with Gasteiger partial charge >= 0.3 is 5.97 Å². The Morgan fingerprint density at radius 1 is 1.50 bits per heavy atom. The number of hydrogen-bond acceptors (Lipinski definition) is 5. The number of esters is 1. The molecule has 0 amide bonds. The van der Waals surface area contributed by atoms with Gasteiger partial charge in [0, 0.05) is 18.9 Å². The average molecular weight is 197 g/mol. The lowest BCUT2D eigenvalue weighted by Crippen LogP contribution is -2.26. The van der Waals surface area contributed by atoms with E-state index in [1.807, 2.05) is 0 Å². The van der Waals surface area contributed by atoms with Crippen LogP contribution in [0.15, 0.2) is 16.9 Å². The molecule has 2 heterocycles. The molecule has 1 aromatic heterocycles. The topological polar surface area (TPSA) is 61.6 Å². The first kappa shape index (κ1) is 9.21. The highest BCUT2D eigenvalue weighted by Gasteiger charge is 2.20. The number of aromatic nitrogens is 1. The van der Waals surface area contributed by atoms with E-state index in [0.717, 1.165) is 12.8 Å². The first-order valence-electron chi connectivity index (χ1n) is 4.55. The molecular formula is C9H11NO4. The van der Waals surface area contributed by atoms with Gasteiger partial charge in [0.1, 0.15) is 12.4 Å². The van der Waals surface area contributed by atoms with Crippen molar-refractivity contribution in [3.8, 4) is 0 Å². The van der Waals surface area contributed by atoms with Crippen molar-refractivity contribution in [2.75, 3.05) is 13.2 Å². The Kier molecular flexibility index (Phi) is 2.78. The van der Waals surface area contributed by atoms with E-state index < -0.39 is 5.97 Å². The summed E-state index contributed by atoms with van der Waals surface area (Å²) in [5.41, 5.74) is 0.219. The van der Waals surface area contributed by atoms with Gasteiger partial charge in [-0.25, -0.2) is 4.79 Å². The maximum Gasteiger partial charge on any atom is 0.360 e. The Hall–Kier alpha value is -1.36. The van der Waals surface area contributed by atoms with Crippen LogP contribution in [0.1, 0.15) is 23.3 Å². The van der Waals surface area contributed by atoms with Gasteiger partial charge in [-0.2, -0.15) is 0 Å². The quantitative estimate of drug-likeness (QED) is 0.662. The van der Waals surface area contributed by atoms with Crippen LogP contribution in [-0.4, -0.2) is 30.4 Å². The number of nitrogens with zero attached hydrogens (tertiary/aromatic N) is 1. The van der Waals surface area contributed by atoms with Crippen molar-refractivity contribution in [1.29, 1.82) is 0 Å². The van der Waals surface area contributed by atoms with Crippen molar-refractivity contribution in [3.63, 3.8) is 0 Å². The van der Waals surface area contributed by atoms with E-state index in [4.69, 9.17) is 9.47 Å².